The average Bonchev–Trinajstić information content (AvgIpc) is 3.23. The summed E-state index contributed by atoms with van der Waals surface area (Å²) in [6.45, 7) is 1.91. The molecule has 1 aromatic rings. The lowest BCUT2D eigenvalue weighted by atomic mass is 10.4. The number of nitrogens with zero attached hydrogens (tertiary/aromatic N) is 2. The van der Waals surface area contributed by atoms with Crippen LogP contribution in [0.5, 0.6) is 0 Å². The van der Waals surface area contributed by atoms with Crippen molar-refractivity contribution in [1.29, 1.82) is 0 Å². The van der Waals surface area contributed by atoms with Crippen molar-refractivity contribution in [3.63, 3.8) is 0 Å². The minimum absolute atomic E-state index is 0.104. The minimum Gasteiger partial charge on any atom is -0.357 e. The molecule has 2 aliphatic carbocycles. The van der Waals surface area contributed by atoms with Gasteiger partial charge in [0.25, 0.3) is 0 Å². The molecule has 1 heterocycles. The molecule has 0 bridgehead atoms. The molecule has 1 amide bonds. The molecule has 3 rings (SSSR count). The Morgan fingerprint density at radius 1 is 1.33 bits per heavy atom. The molecule has 18 heavy (non-hydrogen) atoms. The summed E-state index contributed by atoms with van der Waals surface area (Å²) in [6.07, 6.45) is 4.69. The third-order valence-corrected chi connectivity index (χ3v) is 4.92. The summed E-state index contributed by atoms with van der Waals surface area (Å²) in [7, 11) is 0. The molecule has 7 heteroatoms. The van der Waals surface area contributed by atoms with Crippen LogP contribution in [0, 0.1) is 0 Å². The maximum atomic E-state index is 11.8. The summed E-state index contributed by atoms with van der Waals surface area (Å²) in [4.78, 5) is 11.8. The van der Waals surface area contributed by atoms with Gasteiger partial charge in [-0.1, -0.05) is 23.1 Å². The van der Waals surface area contributed by atoms with E-state index < -0.39 is 0 Å². The SMILES string of the molecule is CC(Sc1nnc(NC2CC2)s1)C(=O)NC1CC1. The Bertz CT molecular complexity index is 442. The quantitative estimate of drug-likeness (QED) is 0.781. The molecule has 1 aromatic heterocycles. The second kappa shape index (κ2) is 5.05. The van der Waals surface area contributed by atoms with Gasteiger partial charge in [-0.15, -0.1) is 10.2 Å². The first-order valence-electron chi connectivity index (χ1n) is 6.28. The van der Waals surface area contributed by atoms with Gasteiger partial charge in [-0.2, -0.15) is 0 Å². The Balaban J connectivity index is 1.50. The predicted octanol–water partition coefficient (Wildman–Crippen LogP) is 1.87. The number of anilines is 1. The molecule has 2 N–H and O–H groups in total. The molecule has 0 aromatic carbocycles. The third-order valence-electron chi connectivity index (χ3n) is 2.88. The summed E-state index contributed by atoms with van der Waals surface area (Å²) < 4.78 is 0.858. The number of aromatic nitrogens is 2. The van der Waals surface area contributed by atoms with E-state index in [0.29, 0.717) is 12.1 Å². The van der Waals surface area contributed by atoms with E-state index in [-0.39, 0.29) is 11.2 Å². The number of hydrogen-bond donors (Lipinski definition) is 2. The molecular formula is C11H16N4OS2. The number of nitrogens with one attached hydrogen (secondary N) is 2. The molecule has 1 atom stereocenters. The lowest BCUT2D eigenvalue weighted by Gasteiger charge is -2.08. The van der Waals surface area contributed by atoms with Crippen LogP contribution in [0.2, 0.25) is 0 Å². The predicted molar refractivity (Wildman–Crippen MR) is 73.0 cm³/mol. The zero-order valence-electron chi connectivity index (χ0n) is 10.2. The smallest absolute Gasteiger partial charge is 0.233 e. The van der Waals surface area contributed by atoms with Crippen LogP contribution in [0.3, 0.4) is 0 Å². The zero-order chi connectivity index (χ0) is 12.5. The molecule has 98 valence electrons. The number of amides is 1. The largest absolute Gasteiger partial charge is 0.357 e. The van der Waals surface area contributed by atoms with Crippen LogP contribution in [0.4, 0.5) is 5.13 Å². The minimum atomic E-state index is -0.104. The highest BCUT2D eigenvalue weighted by molar-refractivity contribution is 8.02. The topological polar surface area (TPSA) is 66.9 Å². The summed E-state index contributed by atoms with van der Waals surface area (Å²) in [5.74, 6) is 0.106. The lowest BCUT2D eigenvalue weighted by molar-refractivity contribution is -0.120. The van der Waals surface area contributed by atoms with Gasteiger partial charge >= 0.3 is 0 Å². The van der Waals surface area contributed by atoms with Crippen molar-refractivity contribution < 1.29 is 4.79 Å². The van der Waals surface area contributed by atoms with E-state index in [4.69, 9.17) is 0 Å². The zero-order valence-corrected chi connectivity index (χ0v) is 11.8. The molecule has 1 unspecified atom stereocenters. The van der Waals surface area contributed by atoms with Gasteiger partial charge in [-0.25, -0.2) is 0 Å². The molecule has 5 nitrogen and oxygen atoms in total. The van der Waals surface area contributed by atoms with Gasteiger partial charge in [-0.05, 0) is 32.6 Å². The van der Waals surface area contributed by atoms with Gasteiger partial charge in [0.2, 0.25) is 11.0 Å². The molecule has 0 radical (unpaired) electrons. The van der Waals surface area contributed by atoms with Crippen molar-refractivity contribution in [1.82, 2.24) is 15.5 Å². The molecule has 0 saturated heterocycles. The van der Waals surface area contributed by atoms with E-state index in [1.807, 2.05) is 6.92 Å². The average molecular weight is 284 g/mol. The highest BCUT2D eigenvalue weighted by Crippen LogP contribution is 2.32. The lowest BCUT2D eigenvalue weighted by Crippen LogP contribution is -2.32. The van der Waals surface area contributed by atoms with Gasteiger partial charge in [0, 0.05) is 12.1 Å². The van der Waals surface area contributed by atoms with Crippen molar-refractivity contribution in [2.45, 2.75) is 54.3 Å². The summed E-state index contributed by atoms with van der Waals surface area (Å²) in [5, 5.41) is 15.3. The number of rotatable bonds is 6. The van der Waals surface area contributed by atoms with Gasteiger partial charge in [0.05, 0.1) is 5.25 Å². The van der Waals surface area contributed by atoms with Gasteiger partial charge in [0.1, 0.15) is 0 Å². The fraction of sp³-hybridized carbons (Fsp3) is 0.727. The van der Waals surface area contributed by atoms with E-state index in [2.05, 4.69) is 20.8 Å². The maximum absolute atomic E-state index is 11.8. The Hall–Kier alpha value is -0.820. The van der Waals surface area contributed by atoms with Crippen molar-refractivity contribution >= 4 is 34.1 Å². The van der Waals surface area contributed by atoms with Crippen LogP contribution in [0.25, 0.3) is 0 Å². The van der Waals surface area contributed by atoms with Crippen LogP contribution in [0.15, 0.2) is 4.34 Å². The van der Waals surface area contributed by atoms with E-state index in [9.17, 15) is 4.79 Å². The summed E-state index contributed by atoms with van der Waals surface area (Å²) >= 11 is 3.01. The number of hydrogen-bond acceptors (Lipinski definition) is 6. The molecule has 2 saturated carbocycles. The number of carbonyl (C=O) groups is 1. The number of thioether (sulfide) groups is 1. The molecule has 2 aliphatic rings. The Kier molecular flexibility index (Phi) is 3.43. The van der Waals surface area contributed by atoms with Crippen molar-refractivity contribution in [2.24, 2.45) is 0 Å². The summed E-state index contributed by atoms with van der Waals surface area (Å²) in [6, 6.07) is 1.01. The van der Waals surface area contributed by atoms with E-state index in [1.165, 1.54) is 35.9 Å². The number of carbonyl (C=O) groups excluding carboxylic acids is 1. The highest BCUT2D eigenvalue weighted by atomic mass is 32.2. The first-order chi connectivity index (χ1) is 8.70. The maximum Gasteiger partial charge on any atom is 0.233 e. The standard InChI is InChI=1S/C11H16N4OS2/c1-6(9(16)12-7-2-3-7)17-11-15-14-10(18-11)13-8-4-5-8/h6-8H,2-5H2,1H3,(H,12,16)(H,13,14). The molecule has 2 fully saturated rings. The highest BCUT2D eigenvalue weighted by Gasteiger charge is 2.27. The van der Waals surface area contributed by atoms with Crippen LogP contribution in [-0.4, -0.2) is 33.4 Å². The Morgan fingerprint density at radius 3 is 2.72 bits per heavy atom. The van der Waals surface area contributed by atoms with Crippen LogP contribution < -0.4 is 10.6 Å². The Morgan fingerprint density at radius 2 is 2.06 bits per heavy atom. The van der Waals surface area contributed by atoms with E-state index in [0.717, 1.165) is 22.3 Å². The second-order valence-corrected chi connectivity index (χ2v) is 7.40. The molecule has 0 aliphatic heterocycles. The van der Waals surface area contributed by atoms with Gasteiger partial charge in [-0.3, -0.25) is 4.79 Å². The second-order valence-electron chi connectivity index (χ2n) is 4.83. The van der Waals surface area contributed by atoms with Crippen molar-refractivity contribution in [3.8, 4) is 0 Å². The first-order valence-corrected chi connectivity index (χ1v) is 7.97. The molecular weight excluding hydrogens is 268 g/mol. The summed E-state index contributed by atoms with van der Waals surface area (Å²) in [5.41, 5.74) is 0. The third kappa shape index (κ3) is 3.35. The van der Waals surface area contributed by atoms with Gasteiger partial charge < -0.3 is 10.6 Å². The van der Waals surface area contributed by atoms with Crippen LogP contribution in [-0.2, 0) is 4.79 Å². The fourth-order valence-corrected chi connectivity index (χ4v) is 3.45. The first kappa shape index (κ1) is 12.2. The normalized spacial score (nSPS) is 20.5. The Labute approximate surface area is 114 Å². The van der Waals surface area contributed by atoms with E-state index >= 15 is 0 Å². The molecule has 0 spiro atoms. The van der Waals surface area contributed by atoms with E-state index in [1.54, 1.807) is 0 Å². The fourth-order valence-electron chi connectivity index (χ4n) is 1.47. The van der Waals surface area contributed by atoms with Gasteiger partial charge in [0.15, 0.2) is 4.34 Å². The van der Waals surface area contributed by atoms with Crippen LogP contribution in [0.1, 0.15) is 32.6 Å². The van der Waals surface area contributed by atoms with Crippen molar-refractivity contribution in [2.75, 3.05) is 5.32 Å². The van der Waals surface area contributed by atoms with Crippen LogP contribution >= 0.6 is 23.1 Å². The monoisotopic (exact) mass is 284 g/mol. The van der Waals surface area contributed by atoms with Crippen molar-refractivity contribution in [3.05, 3.63) is 0 Å².